The van der Waals surface area contributed by atoms with E-state index in [0.717, 1.165) is 11.4 Å². The molecule has 21 heavy (non-hydrogen) atoms. The summed E-state index contributed by atoms with van der Waals surface area (Å²) in [4.78, 5) is 12.4. The average molecular weight is 329 g/mol. The van der Waals surface area contributed by atoms with E-state index in [1.54, 1.807) is 18.5 Å². The summed E-state index contributed by atoms with van der Waals surface area (Å²) in [6.45, 7) is 9.24. The SMILES string of the molecule is Cc1nn(C(=O)C[C@H](C)n2nc(C)c(Cl)c2C)c(C)c1Cl. The minimum atomic E-state index is -0.112. The number of aryl methyl sites for hydroxylation is 2. The minimum Gasteiger partial charge on any atom is -0.272 e. The summed E-state index contributed by atoms with van der Waals surface area (Å²) in [5, 5.41) is 9.73. The fourth-order valence-corrected chi connectivity index (χ4v) is 2.61. The van der Waals surface area contributed by atoms with Crippen LogP contribution in [0.1, 0.15) is 47.0 Å². The van der Waals surface area contributed by atoms with E-state index >= 15 is 0 Å². The third-order valence-corrected chi connectivity index (χ3v) is 4.66. The van der Waals surface area contributed by atoms with E-state index in [4.69, 9.17) is 23.2 Å². The Hall–Kier alpha value is -1.33. The van der Waals surface area contributed by atoms with Gasteiger partial charge in [-0.15, -0.1) is 0 Å². The Labute approximate surface area is 133 Å². The third kappa shape index (κ3) is 2.85. The van der Waals surface area contributed by atoms with Crippen LogP contribution in [0.3, 0.4) is 0 Å². The standard InChI is InChI=1S/C14H18Cl2N4O/c1-7(19-10(4)13(15)8(2)17-19)6-12(21)20-11(5)14(16)9(3)18-20/h7H,6H2,1-5H3/t7-/m0/s1. The molecule has 0 saturated carbocycles. The topological polar surface area (TPSA) is 52.7 Å². The number of nitrogens with zero attached hydrogens (tertiary/aromatic N) is 4. The third-order valence-electron chi connectivity index (χ3n) is 3.56. The van der Waals surface area contributed by atoms with Gasteiger partial charge in [0, 0.05) is 0 Å². The lowest BCUT2D eigenvalue weighted by Crippen LogP contribution is -2.20. The maximum absolute atomic E-state index is 12.4. The van der Waals surface area contributed by atoms with E-state index in [0.29, 0.717) is 21.4 Å². The van der Waals surface area contributed by atoms with Crippen molar-refractivity contribution >= 4 is 29.1 Å². The molecule has 0 spiro atoms. The van der Waals surface area contributed by atoms with Crippen molar-refractivity contribution in [1.29, 1.82) is 0 Å². The Kier molecular flexibility index (Phi) is 4.44. The van der Waals surface area contributed by atoms with Gasteiger partial charge in [-0.25, -0.2) is 4.68 Å². The Balaban J connectivity index is 2.22. The lowest BCUT2D eigenvalue weighted by atomic mass is 10.2. The van der Waals surface area contributed by atoms with Crippen molar-refractivity contribution in [2.45, 2.75) is 47.1 Å². The first-order chi connectivity index (χ1) is 9.73. The summed E-state index contributed by atoms with van der Waals surface area (Å²) >= 11 is 12.2. The normalized spacial score (nSPS) is 12.7. The highest BCUT2D eigenvalue weighted by Gasteiger charge is 2.21. The summed E-state index contributed by atoms with van der Waals surface area (Å²) < 4.78 is 3.14. The lowest BCUT2D eigenvalue weighted by molar-refractivity contribution is 0.0863. The molecule has 0 aliphatic carbocycles. The van der Waals surface area contributed by atoms with Gasteiger partial charge in [-0.2, -0.15) is 10.2 Å². The quantitative estimate of drug-likeness (QED) is 0.858. The minimum absolute atomic E-state index is 0.105. The number of halogens is 2. The second-order valence-corrected chi connectivity index (χ2v) is 6.03. The van der Waals surface area contributed by atoms with Crippen LogP contribution in [0.2, 0.25) is 10.0 Å². The molecular weight excluding hydrogens is 311 g/mol. The molecule has 0 radical (unpaired) electrons. The molecule has 0 aliphatic heterocycles. The molecule has 0 N–H and O–H groups in total. The zero-order chi connectivity index (χ0) is 15.9. The van der Waals surface area contributed by atoms with Crippen molar-refractivity contribution in [3.05, 3.63) is 32.8 Å². The van der Waals surface area contributed by atoms with Gasteiger partial charge in [0.05, 0.1) is 45.3 Å². The smallest absolute Gasteiger partial charge is 0.249 e. The first-order valence-corrected chi connectivity index (χ1v) is 7.45. The molecule has 0 saturated heterocycles. The Morgan fingerprint density at radius 2 is 1.57 bits per heavy atom. The molecule has 0 aromatic carbocycles. The van der Waals surface area contributed by atoms with E-state index in [1.165, 1.54) is 4.68 Å². The molecule has 0 amide bonds. The highest BCUT2D eigenvalue weighted by Crippen LogP contribution is 2.25. The number of carbonyl (C=O) groups excluding carboxylic acids is 1. The molecule has 0 bridgehead atoms. The summed E-state index contributed by atoms with van der Waals surface area (Å²) in [6.07, 6.45) is 0.274. The molecular formula is C14H18Cl2N4O. The predicted molar refractivity (Wildman–Crippen MR) is 83.4 cm³/mol. The van der Waals surface area contributed by atoms with Gasteiger partial charge in [-0.3, -0.25) is 9.48 Å². The number of aromatic nitrogens is 4. The second kappa shape index (κ2) is 5.81. The number of hydrogen-bond acceptors (Lipinski definition) is 3. The molecule has 0 unspecified atom stereocenters. The summed E-state index contributed by atoms with van der Waals surface area (Å²) in [5.74, 6) is -0.112. The van der Waals surface area contributed by atoms with Gasteiger partial charge in [0.15, 0.2) is 0 Å². The van der Waals surface area contributed by atoms with E-state index in [9.17, 15) is 4.79 Å². The zero-order valence-electron chi connectivity index (χ0n) is 12.7. The molecule has 2 rings (SSSR count). The fourth-order valence-electron chi connectivity index (χ4n) is 2.36. The Morgan fingerprint density at radius 3 is 2.00 bits per heavy atom. The van der Waals surface area contributed by atoms with Crippen LogP contribution in [0.5, 0.6) is 0 Å². The average Bonchev–Trinajstić information content (AvgIpc) is 2.84. The maximum Gasteiger partial charge on any atom is 0.249 e. The monoisotopic (exact) mass is 328 g/mol. The van der Waals surface area contributed by atoms with Crippen LogP contribution < -0.4 is 0 Å². The number of carbonyl (C=O) groups is 1. The molecule has 5 nitrogen and oxygen atoms in total. The summed E-state index contributed by atoms with van der Waals surface area (Å²) in [6, 6.07) is -0.105. The Bertz CT molecular complexity index is 702. The van der Waals surface area contributed by atoms with Crippen molar-refractivity contribution in [3.63, 3.8) is 0 Å². The summed E-state index contributed by atoms with van der Waals surface area (Å²) in [7, 11) is 0. The molecule has 2 aromatic heterocycles. The zero-order valence-corrected chi connectivity index (χ0v) is 14.2. The van der Waals surface area contributed by atoms with Crippen molar-refractivity contribution in [2.24, 2.45) is 0 Å². The van der Waals surface area contributed by atoms with E-state index in [2.05, 4.69) is 10.2 Å². The first kappa shape index (κ1) is 16.0. The largest absolute Gasteiger partial charge is 0.272 e. The number of rotatable bonds is 3. The molecule has 2 aromatic rings. The fraction of sp³-hybridized carbons (Fsp3) is 0.500. The van der Waals surface area contributed by atoms with Crippen molar-refractivity contribution in [2.75, 3.05) is 0 Å². The van der Waals surface area contributed by atoms with Gasteiger partial charge < -0.3 is 0 Å². The highest BCUT2D eigenvalue weighted by atomic mass is 35.5. The first-order valence-electron chi connectivity index (χ1n) is 6.70. The molecule has 2 heterocycles. The van der Waals surface area contributed by atoms with Crippen LogP contribution in [0.25, 0.3) is 0 Å². The van der Waals surface area contributed by atoms with E-state index in [1.807, 2.05) is 20.8 Å². The van der Waals surface area contributed by atoms with Gasteiger partial charge >= 0.3 is 0 Å². The van der Waals surface area contributed by atoms with Gasteiger partial charge in [0.1, 0.15) is 0 Å². The van der Waals surface area contributed by atoms with Crippen LogP contribution in [0, 0.1) is 27.7 Å². The predicted octanol–water partition coefficient (Wildman–Crippen LogP) is 3.91. The van der Waals surface area contributed by atoms with E-state index in [-0.39, 0.29) is 18.4 Å². The van der Waals surface area contributed by atoms with E-state index < -0.39 is 0 Å². The van der Waals surface area contributed by atoms with Crippen LogP contribution in [-0.4, -0.2) is 25.5 Å². The lowest BCUT2D eigenvalue weighted by Gasteiger charge is -2.14. The van der Waals surface area contributed by atoms with Crippen molar-refractivity contribution in [3.8, 4) is 0 Å². The molecule has 0 fully saturated rings. The molecule has 114 valence electrons. The van der Waals surface area contributed by atoms with Crippen LogP contribution >= 0.6 is 23.2 Å². The Morgan fingerprint density at radius 1 is 1.05 bits per heavy atom. The van der Waals surface area contributed by atoms with Crippen LogP contribution in [0.4, 0.5) is 0 Å². The second-order valence-electron chi connectivity index (χ2n) is 5.27. The van der Waals surface area contributed by atoms with Crippen molar-refractivity contribution < 1.29 is 4.79 Å². The van der Waals surface area contributed by atoms with Gasteiger partial charge in [-0.05, 0) is 34.6 Å². The maximum atomic E-state index is 12.4. The van der Waals surface area contributed by atoms with Crippen molar-refractivity contribution in [1.82, 2.24) is 19.6 Å². The molecule has 1 atom stereocenters. The van der Waals surface area contributed by atoms with Gasteiger partial charge in [-0.1, -0.05) is 23.2 Å². The highest BCUT2D eigenvalue weighted by molar-refractivity contribution is 6.32. The molecule has 7 heteroatoms. The van der Waals surface area contributed by atoms with Crippen LogP contribution in [0.15, 0.2) is 0 Å². The van der Waals surface area contributed by atoms with Crippen LogP contribution in [-0.2, 0) is 0 Å². The summed E-state index contributed by atoms with van der Waals surface area (Å²) in [5.41, 5.74) is 2.95. The van der Waals surface area contributed by atoms with Gasteiger partial charge in [0.25, 0.3) is 0 Å². The van der Waals surface area contributed by atoms with Gasteiger partial charge in [0.2, 0.25) is 5.91 Å². The number of hydrogen-bond donors (Lipinski definition) is 0. The molecule has 0 aliphatic rings.